The van der Waals surface area contributed by atoms with Gasteiger partial charge in [0, 0.05) is 30.7 Å². The van der Waals surface area contributed by atoms with Crippen molar-refractivity contribution in [3.8, 4) is 0 Å². The average Bonchev–Trinajstić information content (AvgIpc) is 2.98. The fourth-order valence-electron chi connectivity index (χ4n) is 2.41. The molecule has 0 bridgehead atoms. The van der Waals surface area contributed by atoms with Crippen molar-refractivity contribution in [3.05, 3.63) is 47.9 Å². The number of hydrogen-bond donors (Lipinski definition) is 3. The van der Waals surface area contributed by atoms with Crippen molar-refractivity contribution in [1.82, 2.24) is 15.5 Å². The minimum absolute atomic E-state index is 0.261. The van der Waals surface area contributed by atoms with E-state index >= 15 is 0 Å². The molecule has 7 heteroatoms. The lowest BCUT2D eigenvalue weighted by Gasteiger charge is -2.09. The molecule has 1 aromatic carbocycles. The molecule has 0 atom stereocenters. The van der Waals surface area contributed by atoms with E-state index in [4.69, 9.17) is 4.52 Å². The number of rotatable bonds is 5. The van der Waals surface area contributed by atoms with Gasteiger partial charge in [-0.2, -0.15) is 0 Å². The molecule has 0 saturated heterocycles. The van der Waals surface area contributed by atoms with Crippen LogP contribution in [0.2, 0.25) is 0 Å². The molecule has 24 heavy (non-hydrogen) atoms. The van der Waals surface area contributed by atoms with E-state index in [1.807, 2.05) is 44.2 Å². The first-order valence-electron chi connectivity index (χ1n) is 7.75. The standard InChI is InChI=1S/C17H19N5O2/c1-3-18-17(23)21-15-8-12-5-4-6-13(14(12)10-20-15)9-19-16-7-11(2)24-22-16/h4-8,10H,3,9H2,1-2H3,(H,19,22)(H2,18,20,21,23). The minimum atomic E-state index is -0.261. The Hall–Kier alpha value is -3.09. The molecule has 0 fully saturated rings. The normalized spacial score (nSPS) is 10.6. The van der Waals surface area contributed by atoms with Crippen molar-refractivity contribution in [2.24, 2.45) is 0 Å². The van der Waals surface area contributed by atoms with Crippen LogP contribution in [0.15, 0.2) is 41.1 Å². The van der Waals surface area contributed by atoms with Crippen LogP contribution in [0.3, 0.4) is 0 Å². The van der Waals surface area contributed by atoms with Gasteiger partial charge in [-0.05, 0) is 30.9 Å². The highest BCUT2D eigenvalue weighted by Crippen LogP contribution is 2.21. The molecule has 3 N–H and O–H groups in total. The smallest absolute Gasteiger partial charge is 0.320 e. The molecule has 0 radical (unpaired) electrons. The topological polar surface area (TPSA) is 92.1 Å². The van der Waals surface area contributed by atoms with Crippen molar-refractivity contribution < 1.29 is 9.32 Å². The first-order chi connectivity index (χ1) is 11.7. The van der Waals surface area contributed by atoms with Crippen LogP contribution in [0.1, 0.15) is 18.2 Å². The molecule has 0 unspecified atom stereocenters. The van der Waals surface area contributed by atoms with Gasteiger partial charge in [0.25, 0.3) is 0 Å². The number of carbonyl (C=O) groups is 1. The van der Waals surface area contributed by atoms with Crippen LogP contribution in [-0.4, -0.2) is 22.7 Å². The van der Waals surface area contributed by atoms with E-state index in [1.54, 1.807) is 6.20 Å². The van der Waals surface area contributed by atoms with Crippen LogP contribution in [0.4, 0.5) is 16.4 Å². The Kier molecular flexibility index (Phi) is 4.60. The van der Waals surface area contributed by atoms with Crippen molar-refractivity contribution >= 4 is 28.4 Å². The molecule has 124 valence electrons. The zero-order valence-electron chi connectivity index (χ0n) is 13.6. The van der Waals surface area contributed by atoms with Crippen molar-refractivity contribution in [2.45, 2.75) is 20.4 Å². The molecule has 0 spiro atoms. The first kappa shape index (κ1) is 15.8. The lowest BCUT2D eigenvalue weighted by molar-refractivity contribution is 0.252. The maximum absolute atomic E-state index is 11.6. The van der Waals surface area contributed by atoms with E-state index in [-0.39, 0.29) is 6.03 Å². The molecule has 0 saturated carbocycles. The summed E-state index contributed by atoms with van der Waals surface area (Å²) < 4.78 is 5.04. The number of urea groups is 1. The van der Waals surface area contributed by atoms with Crippen LogP contribution in [0.5, 0.6) is 0 Å². The number of benzene rings is 1. The molecule has 0 aliphatic carbocycles. The Morgan fingerprint density at radius 1 is 1.25 bits per heavy atom. The molecule has 3 aromatic rings. The SMILES string of the molecule is CCNC(=O)Nc1cc2cccc(CNc3cc(C)on3)c2cn1. The van der Waals surface area contributed by atoms with Crippen LogP contribution in [-0.2, 0) is 6.54 Å². The van der Waals surface area contributed by atoms with Gasteiger partial charge < -0.3 is 15.2 Å². The summed E-state index contributed by atoms with van der Waals surface area (Å²) in [6, 6.07) is 9.43. The van der Waals surface area contributed by atoms with E-state index in [0.717, 1.165) is 22.1 Å². The van der Waals surface area contributed by atoms with E-state index in [2.05, 4.69) is 26.1 Å². The second-order valence-corrected chi connectivity index (χ2v) is 5.37. The largest absolute Gasteiger partial charge is 0.363 e. The summed E-state index contributed by atoms with van der Waals surface area (Å²) in [5.41, 5.74) is 1.09. The second kappa shape index (κ2) is 6.99. The number of carbonyl (C=O) groups excluding carboxylic acids is 1. The Balaban J connectivity index is 1.78. The maximum atomic E-state index is 11.6. The van der Waals surface area contributed by atoms with Gasteiger partial charge in [-0.15, -0.1) is 0 Å². The van der Waals surface area contributed by atoms with Gasteiger partial charge in [-0.1, -0.05) is 23.4 Å². The number of pyridine rings is 1. The van der Waals surface area contributed by atoms with Crippen LogP contribution in [0.25, 0.3) is 10.8 Å². The predicted molar refractivity (Wildman–Crippen MR) is 93.0 cm³/mol. The molecule has 2 heterocycles. The van der Waals surface area contributed by atoms with E-state index in [9.17, 15) is 4.79 Å². The summed E-state index contributed by atoms with van der Waals surface area (Å²) in [4.78, 5) is 15.9. The van der Waals surface area contributed by atoms with Gasteiger partial charge in [-0.3, -0.25) is 5.32 Å². The number of fused-ring (bicyclic) bond motifs is 1. The summed E-state index contributed by atoms with van der Waals surface area (Å²) in [6.45, 7) is 4.89. The van der Waals surface area contributed by atoms with Crippen molar-refractivity contribution in [1.29, 1.82) is 0 Å². The third kappa shape index (κ3) is 3.62. The number of aryl methyl sites for hydroxylation is 1. The average molecular weight is 325 g/mol. The summed E-state index contributed by atoms with van der Waals surface area (Å²) >= 11 is 0. The zero-order chi connectivity index (χ0) is 16.9. The molecule has 2 amide bonds. The van der Waals surface area contributed by atoms with Gasteiger partial charge in [0.2, 0.25) is 0 Å². The molecular weight excluding hydrogens is 306 g/mol. The highest BCUT2D eigenvalue weighted by molar-refractivity contribution is 5.92. The Bertz CT molecular complexity index is 859. The molecule has 3 rings (SSSR count). The third-order valence-corrected chi connectivity index (χ3v) is 3.52. The molecular formula is C17H19N5O2. The Morgan fingerprint density at radius 2 is 2.12 bits per heavy atom. The van der Waals surface area contributed by atoms with Crippen molar-refractivity contribution in [3.63, 3.8) is 0 Å². The maximum Gasteiger partial charge on any atom is 0.320 e. The van der Waals surface area contributed by atoms with Crippen LogP contribution >= 0.6 is 0 Å². The molecule has 0 aliphatic rings. The summed E-state index contributed by atoms with van der Waals surface area (Å²) in [7, 11) is 0. The van der Waals surface area contributed by atoms with Gasteiger partial charge in [0.15, 0.2) is 5.82 Å². The predicted octanol–water partition coefficient (Wildman–Crippen LogP) is 3.28. The second-order valence-electron chi connectivity index (χ2n) is 5.37. The van der Waals surface area contributed by atoms with E-state index < -0.39 is 0 Å². The Morgan fingerprint density at radius 3 is 2.88 bits per heavy atom. The molecule has 0 aliphatic heterocycles. The number of amides is 2. The number of anilines is 2. The fraction of sp³-hybridized carbons (Fsp3) is 0.235. The quantitative estimate of drug-likeness (QED) is 0.669. The number of hydrogen-bond acceptors (Lipinski definition) is 5. The van der Waals surface area contributed by atoms with Gasteiger partial charge in [0.1, 0.15) is 11.6 Å². The number of nitrogens with one attached hydrogen (secondary N) is 3. The van der Waals surface area contributed by atoms with Gasteiger partial charge in [0.05, 0.1) is 0 Å². The zero-order valence-corrected chi connectivity index (χ0v) is 13.6. The Labute approximate surface area is 139 Å². The highest BCUT2D eigenvalue weighted by Gasteiger charge is 2.06. The highest BCUT2D eigenvalue weighted by atomic mass is 16.5. The minimum Gasteiger partial charge on any atom is -0.363 e. The van der Waals surface area contributed by atoms with Crippen LogP contribution in [0, 0.1) is 6.92 Å². The lowest BCUT2D eigenvalue weighted by atomic mass is 10.1. The summed E-state index contributed by atoms with van der Waals surface area (Å²) in [6.07, 6.45) is 1.77. The van der Waals surface area contributed by atoms with Crippen LogP contribution < -0.4 is 16.0 Å². The van der Waals surface area contributed by atoms with E-state index in [0.29, 0.717) is 24.7 Å². The van der Waals surface area contributed by atoms with Crippen molar-refractivity contribution in [2.75, 3.05) is 17.2 Å². The molecule has 7 nitrogen and oxygen atoms in total. The fourth-order valence-corrected chi connectivity index (χ4v) is 2.41. The summed E-state index contributed by atoms with van der Waals surface area (Å²) in [5.74, 6) is 1.98. The van der Waals surface area contributed by atoms with Gasteiger partial charge >= 0.3 is 6.03 Å². The third-order valence-electron chi connectivity index (χ3n) is 3.52. The summed E-state index contributed by atoms with van der Waals surface area (Å²) in [5, 5.41) is 14.6. The number of aromatic nitrogens is 2. The van der Waals surface area contributed by atoms with E-state index in [1.165, 1.54) is 0 Å². The lowest BCUT2D eigenvalue weighted by Crippen LogP contribution is -2.28. The van der Waals surface area contributed by atoms with Gasteiger partial charge in [-0.25, -0.2) is 9.78 Å². The molecule has 2 aromatic heterocycles. The number of nitrogens with zero attached hydrogens (tertiary/aromatic N) is 2. The first-order valence-corrected chi connectivity index (χ1v) is 7.75. The monoisotopic (exact) mass is 325 g/mol.